The molecule has 0 aliphatic rings. The molecule has 2 N–H and O–H groups in total. The summed E-state index contributed by atoms with van der Waals surface area (Å²) in [5.74, 6) is -0.368. The summed E-state index contributed by atoms with van der Waals surface area (Å²) in [4.78, 5) is 17.1. The zero-order valence-electron chi connectivity index (χ0n) is 15.0. The summed E-state index contributed by atoms with van der Waals surface area (Å²) >= 11 is 0. The number of nitrogens with two attached hydrogens (primary N) is 1. The van der Waals surface area contributed by atoms with Crippen molar-refractivity contribution >= 4 is 5.97 Å². The molecular formula is C20H26N2O2. The van der Waals surface area contributed by atoms with E-state index in [0.717, 1.165) is 41.6 Å². The highest BCUT2D eigenvalue weighted by Crippen LogP contribution is 2.32. The molecular weight excluding hydrogens is 300 g/mol. The Hall–Kier alpha value is -2.20. The van der Waals surface area contributed by atoms with E-state index < -0.39 is 0 Å². The lowest BCUT2D eigenvalue weighted by Gasteiger charge is -2.19. The van der Waals surface area contributed by atoms with Crippen LogP contribution in [-0.4, -0.2) is 18.1 Å². The maximum Gasteiger partial charge on any atom is 0.340 e. The zero-order valence-corrected chi connectivity index (χ0v) is 15.0. The van der Waals surface area contributed by atoms with Crippen LogP contribution < -0.4 is 5.73 Å². The molecule has 0 aliphatic carbocycles. The normalized spacial score (nSPS) is 10.7. The third kappa shape index (κ3) is 3.65. The monoisotopic (exact) mass is 326 g/mol. The van der Waals surface area contributed by atoms with Gasteiger partial charge in [-0.1, -0.05) is 43.2 Å². The molecule has 0 spiro atoms. The Kier molecular flexibility index (Phi) is 6.10. The first-order valence-electron chi connectivity index (χ1n) is 8.41. The summed E-state index contributed by atoms with van der Waals surface area (Å²) in [7, 11) is 1.40. The van der Waals surface area contributed by atoms with E-state index in [1.165, 1.54) is 12.7 Å². The average molecular weight is 326 g/mol. The van der Waals surface area contributed by atoms with E-state index in [2.05, 4.69) is 11.9 Å². The number of pyridine rings is 1. The maximum atomic E-state index is 12.4. The molecule has 4 heteroatoms. The number of unbranched alkanes of at least 4 members (excludes halogenated alkanes) is 1. The summed E-state index contributed by atoms with van der Waals surface area (Å²) in [5, 5.41) is 0. The quantitative estimate of drug-likeness (QED) is 0.816. The van der Waals surface area contributed by atoms with E-state index in [1.54, 1.807) is 0 Å². The number of aromatic nitrogens is 1. The third-order valence-corrected chi connectivity index (χ3v) is 4.27. The van der Waals surface area contributed by atoms with Crippen molar-refractivity contribution in [3.05, 3.63) is 52.3 Å². The highest BCUT2D eigenvalue weighted by atomic mass is 16.5. The molecule has 0 atom stereocenters. The van der Waals surface area contributed by atoms with Gasteiger partial charge in [0.25, 0.3) is 0 Å². The van der Waals surface area contributed by atoms with Crippen LogP contribution in [0.2, 0.25) is 0 Å². The second kappa shape index (κ2) is 8.06. The van der Waals surface area contributed by atoms with Crippen molar-refractivity contribution in [3.63, 3.8) is 0 Å². The van der Waals surface area contributed by atoms with Gasteiger partial charge >= 0.3 is 5.97 Å². The number of benzene rings is 1. The fourth-order valence-electron chi connectivity index (χ4n) is 2.96. The van der Waals surface area contributed by atoms with E-state index in [-0.39, 0.29) is 5.97 Å². The summed E-state index contributed by atoms with van der Waals surface area (Å²) in [5.41, 5.74) is 12.2. The number of nitrogens with zero attached hydrogens (tertiary/aromatic N) is 1. The number of carbonyl (C=O) groups excluding carboxylic acids is 1. The molecule has 1 aromatic carbocycles. The predicted octanol–water partition coefficient (Wildman–Crippen LogP) is 3.95. The van der Waals surface area contributed by atoms with Gasteiger partial charge in [-0.25, -0.2) is 4.79 Å². The fourth-order valence-corrected chi connectivity index (χ4v) is 2.96. The number of rotatable bonds is 6. The molecule has 1 heterocycles. The lowest BCUT2D eigenvalue weighted by molar-refractivity contribution is 0.0600. The first-order chi connectivity index (χ1) is 11.5. The van der Waals surface area contributed by atoms with Crippen LogP contribution in [-0.2, 0) is 17.7 Å². The molecule has 0 aliphatic heterocycles. The van der Waals surface area contributed by atoms with Crippen molar-refractivity contribution in [3.8, 4) is 11.1 Å². The van der Waals surface area contributed by atoms with Crippen LogP contribution >= 0.6 is 0 Å². The number of esters is 1. The maximum absolute atomic E-state index is 12.4. The second-order valence-corrected chi connectivity index (χ2v) is 6.04. The molecule has 1 aromatic heterocycles. The van der Waals surface area contributed by atoms with Gasteiger partial charge in [0.05, 0.1) is 18.4 Å². The van der Waals surface area contributed by atoms with Gasteiger partial charge in [-0.3, -0.25) is 4.98 Å². The highest BCUT2D eigenvalue weighted by Gasteiger charge is 2.23. The Morgan fingerprint density at radius 2 is 1.88 bits per heavy atom. The van der Waals surface area contributed by atoms with Crippen molar-refractivity contribution in [2.45, 2.75) is 46.6 Å². The summed E-state index contributed by atoms with van der Waals surface area (Å²) in [6.45, 7) is 6.40. The van der Waals surface area contributed by atoms with Gasteiger partial charge < -0.3 is 10.5 Å². The Labute approximate surface area is 144 Å². The lowest BCUT2D eigenvalue weighted by atomic mass is 9.90. The Balaban J connectivity index is 2.76. The number of ether oxygens (including phenoxy) is 1. The smallest absolute Gasteiger partial charge is 0.340 e. The van der Waals surface area contributed by atoms with Crippen LogP contribution in [0.5, 0.6) is 0 Å². The van der Waals surface area contributed by atoms with Crippen LogP contribution in [0.3, 0.4) is 0 Å². The van der Waals surface area contributed by atoms with Crippen LogP contribution in [0.4, 0.5) is 0 Å². The third-order valence-electron chi connectivity index (χ3n) is 4.27. The minimum atomic E-state index is -0.368. The van der Waals surface area contributed by atoms with E-state index >= 15 is 0 Å². The number of hydrogen-bond donors (Lipinski definition) is 1. The zero-order chi connectivity index (χ0) is 17.7. The van der Waals surface area contributed by atoms with Gasteiger partial charge in [0.15, 0.2) is 0 Å². The van der Waals surface area contributed by atoms with E-state index in [9.17, 15) is 4.79 Å². The van der Waals surface area contributed by atoms with Crippen LogP contribution in [0.15, 0.2) is 24.3 Å². The van der Waals surface area contributed by atoms with Crippen LogP contribution in [0.25, 0.3) is 11.1 Å². The number of methoxy groups -OCH3 is 1. The largest absolute Gasteiger partial charge is 0.465 e. The summed E-state index contributed by atoms with van der Waals surface area (Å²) in [6.07, 6.45) is 3.00. The molecule has 2 aromatic rings. The predicted molar refractivity (Wildman–Crippen MR) is 97.0 cm³/mol. The van der Waals surface area contributed by atoms with Crippen molar-refractivity contribution < 1.29 is 9.53 Å². The summed E-state index contributed by atoms with van der Waals surface area (Å²) in [6, 6.07) is 8.13. The number of carbonyl (C=O) groups is 1. The average Bonchev–Trinajstić information content (AvgIpc) is 2.59. The highest BCUT2D eigenvalue weighted by molar-refractivity contribution is 5.99. The SMILES string of the molecule is CCCCc1nc(C)c(C(=O)OC)c(-c2ccc(C)cc2)c1CN. The minimum absolute atomic E-state index is 0.347. The molecule has 0 saturated carbocycles. The Morgan fingerprint density at radius 1 is 1.21 bits per heavy atom. The molecule has 0 amide bonds. The molecule has 128 valence electrons. The number of aryl methyl sites for hydroxylation is 3. The molecule has 0 fully saturated rings. The molecule has 0 unspecified atom stereocenters. The minimum Gasteiger partial charge on any atom is -0.465 e. The Morgan fingerprint density at radius 3 is 2.42 bits per heavy atom. The topological polar surface area (TPSA) is 65.2 Å². The number of hydrogen-bond acceptors (Lipinski definition) is 4. The molecule has 0 bridgehead atoms. The first kappa shape index (κ1) is 18.1. The van der Waals surface area contributed by atoms with Crippen molar-refractivity contribution in [2.75, 3.05) is 7.11 Å². The van der Waals surface area contributed by atoms with Crippen molar-refractivity contribution in [2.24, 2.45) is 5.73 Å². The van der Waals surface area contributed by atoms with E-state index in [1.807, 2.05) is 38.1 Å². The van der Waals surface area contributed by atoms with Crippen molar-refractivity contribution in [1.82, 2.24) is 4.98 Å². The van der Waals surface area contributed by atoms with Gasteiger partial charge in [0, 0.05) is 17.8 Å². The van der Waals surface area contributed by atoms with Crippen LogP contribution in [0.1, 0.15) is 52.6 Å². The molecule has 2 rings (SSSR count). The second-order valence-electron chi connectivity index (χ2n) is 6.04. The van der Waals surface area contributed by atoms with Crippen LogP contribution in [0, 0.1) is 13.8 Å². The molecule has 0 saturated heterocycles. The standard InChI is InChI=1S/C20H26N2O2/c1-5-6-7-17-16(12-21)19(15-10-8-13(2)9-11-15)18(14(3)22-17)20(23)24-4/h8-11H,5-7,12,21H2,1-4H3. The summed E-state index contributed by atoms with van der Waals surface area (Å²) < 4.78 is 5.00. The van der Waals surface area contributed by atoms with E-state index in [0.29, 0.717) is 17.8 Å². The van der Waals surface area contributed by atoms with Gasteiger partial charge in [-0.2, -0.15) is 0 Å². The van der Waals surface area contributed by atoms with Gasteiger partial charge in [-0.05, 0) is 37.8 Å². The van der Waals surface area contributed by atoms with Gasteiger partial charge in [0.2, 0.25) is 0 Å². The lowest BCUT2D eigenvalue weighted by Crippen LogP contribution is -2.15. The first-order valence-corrected chi connectivity index (χ1v) is 8.41. The molecule has 4 nitrogen and oxygen atoms in total. The Bertz CT molecular complexity index is 721. The van der Waals surface area contributed by atoms with Crippen molar-refractivity contribution in [1.29, 1.82) is 0 Å². The van der Waals surface area contributed by atoms with Gasteiger partial charge in [0.1, 0.15) is 0 Å². The van der Waals surface area contributed by atoms with Gasteiger partial charge in [-0.15, -0.1) is 0 Å². The van der Waals surface area contributed by atoms with E-state index in [4.69, 9.17) is 10.5 Å². The molecule has 0 radical (unpaired) electrons. The molecule has 24 heavy (non-hydrogen) atoms. The fraction of sp³-hybridized carbons (Fsp3) is 0.400.